The molecule has 0 aliphatic carbocycles. The van der Waals surface area contributed by atoms with Crippen LogP contribution in [0.2, 0.25) is 10.0 Å². The van der Waals surface area contributed by atoms with Gasteiger partial charge in [-0.2, -0.15) is 0 Å². The Balaban J connectivity index is 2.13. The number of carbonyl (C=O) groups excluding carboxylic acids is 1. The standard InChI is InChI=1S/C23H23Cl2NO2/c1-4-5-6-9-28-23(27)19-13-21(17-8-7-16(24)12-20(17)25)26-22-15(3)10-14(2)11-18(19)22/h7-8,10-13H,4-6,9H2,1-3H3. The molecule has 0 spiro atoms. The average molecular weight is 416 g/mol. The van der Waals surface area contributed by atoms with Crippen molar-refractivity contribution in [1.29, 1.82) is 0 Å². The zero-order valence-electron chi connectivity index (χ0n) is 16.3. The lowest BCUT2D eigenvalue weighted by molar-refractivity contribution is 0.0500. The van der Waals surface area contributed by atoms with Gasteiger partial charge in [0.15, 0.2) is 0 Å². The first-order chi connectivity index (χ1) is 13.4. The van der Waals surface area contributed by atoms with Gasteiger partial charge in [0, 0.05) is 16.0 Å². The Morgan fingerprint density at radius 1 is 1.07 bits per heavy atom. The van der Waals surface area contributed by atoms with Crippen LogP contribution in [0.25, 0.3) is 22.2 Å². The van der Waals surface area contributed by atoms with Crippen molar-refractivity contribution in [2.75, 3.05) is 6.61 Å². The maximum Gasteiger partial charge on any atom is 0.338 e. The number of esters is 1. The number of aryl methyl sites for hydroxylation is 2. The molecule has 0 N–H and O–H groups in total. The molecule has 5 heteroatoms. The molecule has 146 valence electrons. The number of benzene rings is 2. The predicted octanol–water partition coefficient (Wildman–Crippen LogP) is 7.17. The minimum Gasteiger partial charge on any atom is -0.462 e. The highest BCUT2D eigenvalue weighted by atomic mass is 35.5. The van der Waals surface area contributed by atoms with Crippen molar-refractivity contribution in [2.45, 2.75) is 40.0 Å². The van der Waals surface area contributed by atoms with Gasteiger partial charge in [-0.15, -0.1) is 0 Å². The zero-order chi connectivity index (χ0) is 20.3. The molecule has 0 aliphatic heterocycles. The largest absolute Gasteiger partial charge is 0.462 e. The molecule has 1 heterocycles. The van der Waals surface area contributed by atoms with Crippen molar-refractivity contribution < 1.29 is 9.53 Å². The van der Waals surface area contributed by atoms with Crippen molar-refractivity contribution in [3.8, 4) is 11.3 Å². The van der Waals surface area contributed by atoms with E-state index in [1.807, 2.05) is 26.0 Å². The summed E-state index contributed by atoms with van der Waals surface area (Å²) in [5, 5.41) is 1.84. The number of carbonyl (C=O) groups is 1. The van der Waals surface area contributed by atoms with Crippen LogP contribution >= 0.6 is 23.2 Å². The van der Waals surface area contributed by atoms with Gasteiger partial charge in [-0.1, -0.05) is 54.6 Å². The second-order valence-corrected chi connectivity index (χ2v) is 7.84. The van der Waals surface area contributed by atoms with Gasteiger partial charge in [-0.25, -0.2) is 9.78 Å². The summed E-state index contributed by atoms with van der Waals surface area (Å²) in [6, 6.07) is 11.1. The minimum absolute atomic E-state index is 0.333. The van der Waals surface area contributed by atoms with E-state index in [9.17, 15) is 4.79 Å². The Morgan fingerprint density at radius 3 is 2.57 bits per heavy atom. The van der Waals surface area contributed by atoms with Gasteiger partial charge in [0.05, 0.1) is 28.4 Å². The van der Waals surface area contributed by atoms with E-state index in [0.29, 0.717) is 27.9 Å². The summed E-state index contributed by atoms with van der Waals surface area (Å²) < 4.78 is 5.54. The summed E-state index contributed by atoms with van der Waals surface area (Å²) in [4.78, 5) is 17.7. The molecule has 0 bridgehead atoms. The molecule has 0 radical (unpaired) electrons. The zero-order valence-corrected chi connectivity index (χ0v) is 17.8. The van der Waals surface area contributed by atoms with Gasteiger partial charge < -0.3 is 4.74 Å². The number of hydrogen-bond acceptors (Lipinski definition) is 3. The van der Waals surface area contributed by atoms with Gasteiger partial charge in [-0.3, -0.25) is 0 Å². The topological polar surface area (TPSA) is 39.2 Å². The summed E-state index contributed by atoms with van der Waals surface area (Å²) in [7, 11) is 0. The summed E-state index contributed by atoms with van der Waals surface area (Å²) in [6.45, 7) is 6.53. The van der Waals surface area contributed by atoms with Gasteiger partial charge in [0.25, 0.3) is 0 Å². The maximum absolute atomic E-state index is 12.9. The lowest BCUT2D eigenvalue weighted by Crippen LogP contribution is -2.09. The molecular formula is C23H23Cl2NO2. The second kappa shape index (κ2) is 8.93. The lowest BCUT2D eigenvalue weighted by Gasteiger charge is -2.13. The molecule has 3 aromatic rings. The van der Waals surface area contributed by atoms with E-state index >= 15 is 0 Å². The first kappa shape index (κ1) is 20.6. The Hall–Kier alpha value is -2.10. The first-order valence-electron chi connectivity index (χ1n) is 9.45. The normalized spacial score (nSPS) is 11.0. The van der Waals surface area contributed by atoms with Crippen molar-refractivity contribution >= 4 is 40.1 Å². The summed E-state index contributed by atoms with van der Waals surface area (Å²) in [5.74, 6) is -0.333. The van der Waals surface area contributed by atoms with Crippen LogP contribution in [0, 0.1) is 13.8 Å². The molecule has 0 saturated carbocycles. The molecule has 0 saturated heterocycles. The molecule has 3 rings (SSSR count). The smallest absolute Gasteiger partial charge is 0.338 e. The van der Waals surface area contributed by atoms with Crippen LogP contribution in [-0.2, 0) is 4.74 Å². The third kappa shape index (κ3) is 4.48. The van der Waals surface area contributed by atoms with Crippen LogP contribution in [0.4, 0.5) is 0 Å². The van der Waals surface area contributed by atoms with Gasteiger partial charge in [0.1, 0.15) is 0 Å². The van der Waals surface area contributed by atoms with E-state index in [1.54, 1.807) is 18.2 Å². The average Bonchev–Trinajstić information content (AvgIpc) is 2.64. The molecule has 0 atom stereocenters. The van der Waals surface area contributed by atoms with Crippen LogP contribution in [0.3, 0.4) is 0 Å². The molecule has 28 heavy (non-hydrogen) atoms. The predicted molar refractivity (Wildman–Crippen MR) is 116 cm³/mol. The first-order valence-corrected chi connectivity index (χ1v) is 10.2. The molecular weight excluding hydrogens is 393 g/mol. The third-order valence-electron chi connectivity index (χ3n) is 4.66. The third-order valence-corrected chi connectivity index (χ3v) is 5.20. The van der Waals surface area contributed by atoms with E-state index in [2.05, 4.69) is 13.0 Å². The van der Waals surface area contributed by atoms with Crippen LogP contribution in [0.1, 0.15) is 47.7 Å². The second-order valence-electron chi connectivity index (χ2n) is 7.00. The molecule has 0 fully saturated rings. The van der Waals surface area contributed by atoms with Crippen molar-refractivity contribution in [2.24, 2.45) is 0 Å². The van der Waals surface area contributed by atoms with Gasteiger partial charge >= 0.3 is 5.97 Å². The molecule has 2 aromatic carbocycles. The summed E-state index contributed by atoms with van der Waals surface area (Å²) >= 11 is 12.4. The Labute approximate surface area is 175 Å². The number of aromatic nitrogens is 1. The number of ether oxygens (including phenoxy) is 1. The van der Waals surface area contributed by atoms with Crippen LogP contribution in [-0.4, -0.2) is 17.6 Å². The number of unbranched alkanes of at least 4 members (excludes halogenated alkanes) is 2. The summed E-state index contributed by atoms with van der Waals surface area (Å²) in [6.07, 6.45) is 2.97. The SMILES string of the molecule is CCCCCOC(=O)c1cc(-c2ccc(Cl)cc2Cl)nc2c(C)cc(C)cc12. The minimum atomic E-state index is -0.333. The molecule has 0 amide bonds. The molecule has 3 nitrogen and oxygen atoms in total. The quantitative estimate of drug-likeness (QED) is 0.316. The van der Waals surface area contributed by atoms with Crippen molar-refractivity contribution in [3.63, 3.8) is 0 Å². The van der Waals surface area contributed by atoms with E-state index in [1.165, 1.54) is 0 Å². The fourth-order valence-corrected chi connectivity index (χ4v) is 3.78. The maximum atomic E-state index is 12.9. The summed E-state index contributed by atoms with van der Waals surface area (Å²) in [5.41, 5.74) is 4.71. The van der Waals surface area contributed by atoms with Crippen LogP contribution in [0.5, 0.6) is 0 Å². The molecule has 0 aliphatic rings. The van der Waals surface area contributed by atoms with E-state index in [4.69, 9.17) is 32.9 Å². The Morgan fingerprint density at radius 2 is 1.86 bits per heavy atom. The van der Waals surface area contributed by atoms with E-state index < -0.39 is 0 Å². The van der Waals surface area contributed by atoms with Crippen LogP contribution < -0.4 is 0 Å². The van der Waals surface area contributed by atoms with Crippen molar-refractivity contribution in [1.82, 2.24) is 4.98 Å². The monoisotopic (exact) mass is 415 g/mol. The number of halogens is 2. The highest BCUT2D eigenvalue weighted by Gasteiger charge is 2.18. The molecule has 0 unspecified atom stereocenters. The highest BCUT2D eigenvalue weighted by molar-refractivity contribution is 6.36. The number of rotatable bonds is 6. The fraction of sp³-hybridized carbons (Fsp3) is 0.304. The fourth-order valence-electron chi connectivity index (χ4n) is 3.28. The molecule has 1 aromatic heterocycles. The lowest BCUT2D eigenvalue weighted by atomic mass is 10.00. The number of pyridine rings is 1. The Bertz CT molecular complexity index is 1030. The van der Waals surface area contributed by atoms with E-state index in [-0.39, 0.29) is 5.97 Å². The Kier molecular flexibility index (Phi) is 6.58. The number of nitrogens with zero attached hydrogens (tertiary/aromatic N) is 1. The van der Waals surface area contributed by atoms with Crippen molar-refractivity contribution in [3.05, 3.63) is 63.1 Å². The van der Waals surface area contributed by atoms with Gasteiger partial charge in [-0.05, 0) is 56.2 Å². The number of hydrogen-bond donors (Lipinski definition) is 0. The van der Waals surface area contributed by atoms with E-state index in [0.717, 1.165) is 46.9 Å². The number of fused-ring (bicyclic) bond motifs is 1. The van der Waals surface area contributed by atoms with Gasteiger partial charge in [0.2, 0.25) is 0 Å². The van der Waals surface area contributed by atoms with Crippen LogP contribution in [0.15, 0.2) is 36.4 Å². The highest BCUT2D eigenvalue weighted by Crippen LogP contribution is 2.33.